The lowest BCUT2D eigenvalue weighted by atomic mass is 10.1. The quantitative estimate of drug-likeness (QED) is 0.514. The molecular weight excluding hydrogens is 456 g/mol. The van der Waals surface area contributed by atoms with Gasteiger partial charge in [-0.1, -0.05) is 48.6 Å². The normalized spacial score (nSPS) is 16.6. The van der Waals surface area contributed by atoms with E-state index in [0.29, 0.717) is 61.2 Å². The van der Waals surface area contributed by atoms with E-state index in [2.05, 4.69) is 5.32 Å². The van der Waals surface area contributed by atoms with Gasteiger partial charge in [0.2, 0.25) is 0 Å². The third-order valence-electron chi connectivity index (χ3n) is 6.08. The van der Waals surface area contributed by atoms with Gasteiger partial charge in [0.1, 0.15) is 19.3 Å². The first kappa shape index (κ1) is 23.6. The maximum absolute atomic E-state index is 13.7. The van der Waals surface area contributed by atoms with E-state index < -0.39 is 6.10 Å². The Morgan fingerprint density at radius 3 is 2.56 bits per heavy atom. The molecule has 7 heteroatoms. The van der Waals surface area contributed by atoms with Crippen LogP contribution in [0.5, 0.6) is 11.5 Å². The molecule has 1 atom stereocenters. The number of hydrogen-bond acceptors (Lipinski definition) is 5. The van der Waals surface area contributed by atoms with E-state index in [0.717, 1.165) is 12.0 Å². The van der Waals surface area contributed by atoms with Gasteiger partial charge in [-0.25, -0.2) is 0 Å². The highest BCUT2D eigenvalue weighted by molar-refractivity contribution is 6.07. The fourth-order valence-corrected chi connectivity index (χ4v) is 4.26. The second-order valence-corrected chi connectivity index (χ2v) is 8.63. The second kappa shape index (κ2) is 11.1. The lowest BCUT2D eigenvalue weighted by Gasteiger charge is -2.25. The Morgan fingerprint density at radius 2 is 1.75 bits per heavy atom. The first-order valence-corrected chi connectivity index (χ1v) is 12.1. The number of fused-ring (bicyclic) bond motifs is 1. The molecule has 3 aromatic rings. The number of anilines is 2. The van der Waals surface area contributed by atoms with Gasteiger partial charge in [-0.3, -0.25) is 9.59 Å². The standard InChI is InChI=1S/C29H28N2O5/c32-28(26-12-6-16-34-26)30-23-11-4-10-22(19-23)29(33)31(15-5-9-21-7-2-1-3-8-21)24-13-14-25-27(20-24)36-18-17-35-25/h1-5,7-11,13-14,19-20,26H,6,12,15-18H2,(H,30,32)/b9-5-/t26-/m1/s1. The average Bonchev–Trinajstić information content (AvgIpc) is 3.47. The number of carbonyl (C=O) groups is 2. The first-order valence-electron chi connectivity index (χ1n) is 12.1. The summed E-state index contributed by atoms with van der Waals surface area (Å²) in [6.45, 7) is 1.90. The summed E-state index contributed by atoms with van der Waals surface area (Å²) in [5.41, 5.74) is 2.76. The highest BCUT2D eigenvalue weighted by Crippen LogP contribution is 2.34. The molecule has 36 heavy (non-hydrogen) atoms. The molecule has 0 aromatic heterocycles. The zero-order chi connectivity index (χ0) is 24.7. The van der Waals surface area contributed by atoms with E-state index in [1.54, 1.807) is 29.2 Å². The average molecular weight is 485 g/mol. The predicted octanol–water partition coefficient (Wildman–Crippen LogP) is 4.94. The summed E-state index contributed by atoms with van der Waals surface area (Å²) in [5, 5.41) is 2.88. The molecule has 2 aliphatic rings. The van der Waals surface area contributed by atoms with Gasteiger partial charge in [0.25, 0.3) is 11.8 Å². The molecule has 2 amide bonds. The summed E-state index contributed by atoms with van der Waals surface area (Å²) in [4.78, 5) is 27.9. The molecule has 0 spiro atoms. The van der Waals surface area contributed by atoms with Crippen LogP contribution in [0.3, 0.4) is 0 Å². The van der Waals surface area contributed by atoms with Crippen molar-refractivity contribution in [2.75, 3.05) is 36.6 Å². The molecule has 2 aliphatic heterocycles. The highest BCUT2D eigenvalue weighted by Gasteiger charge is 2.24. The topological polar surface area (TPSA) is 77.1 Å². The molecule has 0 saturated carbocycles. The molecule has 2 heterocycles. The Bertz CT molecular complexity index is 1250. The van der Waals surface area contributed by atoms with Crippen molar-refractivity contribution in [1.29, 1.82) is 0 Å². The van der Waals surface area contributed by atoms with E-state index in [9.17, 15) is 9.59 Å². The number of rotatable bonds is 7. The van der Waals surface area contributed by atoms with Gasteiger partial charge in [-0.15, -0.1) is 0 Å². The van der Waals surface area contributed by atoms with Crippen molar-refractivity contribution >= 4 is 29.3 Å². The zero-order valence-electron chi connectivity index (χ0n) is 19.9. The van der Waals surface area contributed by atoms with Crippen molar-refractivity contribution in [3.63, 3.8) is 0 Å². The molecule has 1 fully saturated rings. The lowest BCUT2D eigenvalue weighted by Crippen LogP contribution is -2.31. The van der Waals surface area contributed by atoms with Crippen LogP contribution < -0.4 is 19.7 Å². The van der Waals surface area contributed by atoms with Crippen LogP contribution in [0, 0.1) is 0 Å². The highest BCUT2D eigenvalue weighted by atomic mass is 16.6. The minimum absolute atomic E-state index is 0.188. The van der Waals surface area contributed by atoms with Crippen molar-refractivity contribution in [1.82, 2.24) is 0 Å². The molecule has 1 N–H and O–H groups in total. The van der Waals surface area contributed by atoms with Crippen LogP contribution in [0.15, 0.2) is 78.9 Å². The summed E-state index contributed by atoms with van der Waals surface area (Å²) < 4.78 is 16.9. The van der Waals surface area contributed by atoms with Crippen LogP contribution in [-0.4, -0.2) is 44.3 Å². The van der Waals surface area contributed by atoms with Crippen LogP contribution in [0.25, 0.3) is 6.08 Å². The fraction of sp³-hybridized carbons (Fsp3) is 0.241. The predicted molar refractivity (Wildman–Crippen MR) is 139 cm³/mol. The van der Waals surface area contributed by atoms with E-state index in [-0.39, 0.29) is 11.8 Å². The Hall–Kier alpha value is -4.10. The molecule has 184 valence electrons. The minimum Gasteiger partial charge on any atom is -0.486 e. The van der Waals surface area contributed by atoms with E-state index in [4.69, 9.17) is 14.2 Å². The van der Waals surface area contributed by atoms with Crippen molar-refractivity contribution in [3.05, 3.63) is 90.0 Å². The van der Waals surface area contributed by atoms with Gasteiger partial charge in [0.15, 0.2) is 11.5 Å². The monoisotopic (exact) mass is 484 g/mol. The summed E-state index contributed by atoms with van der Waals surface area (Å²) in [6.07, 6.45) is 5.07. The third kappa shape index (κ3) is 5.58. The molecule has 5 rings (SSSR count). The molecule has 0 unspecified atom stereocenters. The van der Waals surface area contributed by atoms with Crippen molar-refractivity contribution < 1.29 is 23.8 Å². The number of ether oxygens (including phenoxy) is 3. The minimum atomic E-state index is -0.443. The van der Waals surface area contributed by atoms with Crippen molar-refractivity contribution in [2.45, 2.75) is 18.9 Å². The first-order chi connectivity index (χ1) is 17.7. The van der Waals surface area contributed by atoms with E-state index in [1.807, 2.05) is 60.7 Å². The lowest BCUT2D eigenvalue weighted by molar-refractivity contribution is -0.124. The van der Waals surface area contributed by atoms with Crippen LogP contribution in [-0.2, 0) is 9.53 Å². The maximum atomic E-state index is 13.7. The Balaban J connectivity index is 1.40. The second-order valence-electron chi connectivity index (χ2n) is 8.63. The number of hydrogen-bond donors (Lipinski definition) is 1. The van der Waals surface area contributed by atoms with Gasteiger partial charge < -0.3 is 24.4 Å². The zero-order valence-corrected chi connectivity index (χ0v) is 19.9. The smallest absolute Gasteiger partial charge is 0.258 e. The summed E-state index contributed by atoms with van der Waals surface area (Å²) in [6, 6.07) is 22.4. The van der Waals surface area contributed by atoms with Gasteiger partial charge >= 0.3 is 0 Å². The fourth-order valence-electron chi connectivity index (χ4n) is 4.26. The van der Waals surface area contributed by atoms with Crippen molar-refractivity contribution in [2.24, 2.45) is 0 Å². The summed E-state index contributed by atoms with van der Waals surface area (Å²) in [5.74, 6) is 0.890. The SMILES string of the molecule is O=C(Nc1cccc(C(=O)N(C/C=C\c2ccccc2)c2ccc3c(c2)OCCO3)c1)[C@H]1CCCO1. The van der Waals surface area contributed by atoms with E-state index >= 15 is 0 Å². The summed E-state index contributed by atoms with van der Waals surface area (Å²) in [7, 11) is 0. The van der Waals surface area contributed by atoms with Gasteiger partial charge in [0, 0.05) is 36.2 Å². The molecule has 1 saturated heterocycles. The van der Waals surface area contributed by atoms with Gasteiger partial charge in [-0.2, -0.15) is 0 Å². The van der Waals surface area contributed by atoms with Crippen LogP contribution in [0.4, 0.5) is 11.4 Å². The van der Waals surface area contributed by atoms with Crippen LogP contribution in [0.2, 0.25) is 0 Å². The molecule has 0 bridgehead atoms. The third-order valence-corrected chi connectivity index (χ3v) is 6.08. The van der Waals surface area contributed by atoms with Gasteiger partial charge in [-0.05, 0) is 48.7 Å². The number of nitrogens with zero attached hydrogens (tertiary/aromatic N) is 1. The molecular formula is C29H28N2O5. The van der Waals surface area contributed by atoms with E-state index in [1.165, 1.54) is 0 Å². The number of carbonyl (C=O) groups excluding carboxylic acids is 2. The Labute approximate surface area is 210 Å². The Kier molecular flexibility index (Phi) is 7.28. The summed E-state index contributed by atoms with van der Waals surface area (Å²) >= 11 is 0. The molecule has 7 nitrogen and oxygen atoms in total. The number of nitrogens with one attached hydrogen (secondary N) is 1. The maximum Gasteiger partial charge on any atom is 0.258 e. The number of benzene rings is 3. The van der Waals surface area contributed by atoms with Crippen LogP contribution >= 0.6 is 0 Å². The molecule has 0 aliphatic carbocycles. The Morgan fingerprint density at radius 1 is 0.917 bits per heavy atom. The van der Waals surface area contributed by atoms with Crippen molar-refractivity contribution in [3.8, 4) is 11.5 Å². The largest absolute Gasteiger partial charge is 0.486 e. The molecule has 3 aromatic carbocycles. The van der Waals surface area contributed by atoms with Crippen LogP contribution in [0.1, 0.15) is 28.8 Å². The van der Waals surface area contributed by atoms with Gasteiger partial charge in [0.05, 0.1) is 0 Å². The molecule has 0 radical (unpaired) electrons. The number of amides is 2.